The molecule has 0 radical (unpaired) electrons. The summed E-state index contributed by atoms with van der Waals surface area (Å²) in [6, 6.07) is 1.88. The van der Waals surface area contributed by atoms with Gasteiger partial charge in [0, 0.05) is 11.6 Å². The van der Waals surface area contributed by atoms with Crippen molar-refractivity contribution in [3.8, 4) is 5.75 Å². The number of amides is 1. The van der Waals surface area contributed by atoms with Crippen LogP contribution in [0.25, 0.3) is 5.57 Å². The van der Waals surface area contributed by atoms with E-state index in [1.165, 1.54) is 6.07 Å². The molecule has 3 aliphatic rings. The van der Waals surface area contributed by atoms with Crippen molar-refractivity contribution in [1.29, 1.82) is 0 Å². The smallest absolute Gasteiger partial charge is 0.306 e. The normalized spacial score (nSPS) is 27.3. The molecule has 1 amide bonds. The van der Waals surface area contributed by atoms with E-state index in [9.17, 15) is 18.4 Å². The third-order valence-corrected chi connectivity index (χ3v) is 6.39. The van der Waals surface area contributed by atoms with Crippen molar-refractivity contribution in [3.05, 3.63) is 35.4 Å². The molecule has 3 unspecified atom stereocenters. The molecule has 0 bridgehead atoms. The number of carboxylic acid groups (broad SMARTS) is 1. The molecule has 1 aromatic rings. The van der Waals surface area contributed by atoms with Crippen LogP contribution in [0.4, 0.5) is 8.78 Å². The van der Waals surface area contributed by atoms with Crippen LogP contribution in [0.2, 0.25) is 0 Å². The van der Waals surface area contributed by atoms with E-state index in [1.807, 2.05) is 6.08 Å². The lowest BCUT2D eigenvalue weighted by molar-refractivity contribution is -0.138. The SMILES string of the molecule is O=C(O)CCOc1c(F)cc(F)cc1C1=CCC(OCC2NCCC23COCC(=O)N3)CC1. The lowest BCUT2D eigenvalue weighted by atomic mass is 9.89. The van der Waals surface area contributed by atoms with Gasteiger partial charge < -0.3 is 30.0 Å². The van der Waals surface area contributed by atoms with Crippen molar-refractivity contribution in [2.45, 2.75) is 49.8 Å². The van der Waals surface area contributed by atoms with Gasteiger partial charge in [-0.1, -0.05) is 6.08 Å². The first-order valence-electron chi connectivity index (χ1n) is 11.1. The van der Waals surface area contributed by atoms with Gasteiger partial charge in [0.05, 0.1) is 43.9 Å². The summed E-state index contributed by atoms with van der Waals surface area (Å²) < 4.78 is 45.2. The van der Waals surface area contributed by atoms with E-state index in [4.69, 9.17) is 19.3 Å². The lowest BCUT2D eigenvalue weighted by Gasteiger charge is -2.39. The number of halogens is 2. The minimum atomic E-state index is -1.06. The van der Waals surface area contributed by atoms with Gasteiger partial charge >= 0.3 is 5.97 Å². The van der Waals surface area contributed by atoms with Gasteiger partial charge in [0.2, 0.25) is 5.91 Å². The highest BCUT2D eigenvalue weighted by Crippen LogP contribution is 2.36. The second-order valence-electron chi connectivity index (χ2n) is 8.67. The Balaban J connectivity index is 1.38. The zero-order valence-corrected chi connectivity index (χ0v) is 18.2. The van der Waals surface area contributed by atoms with Crippen molar-refractivity contribution in [3.63, 3.8) is 0 Å². The molecule has 10 heteroatoms. The third-order valence-electron chi connectivity index (χ3n) is 6.39. The van der Waals surface area contributed by atoms with Crippen LogP contribution in [0.3, 0.4) is 0 Å². The highest BCUT2D eigenvalue weighted by molar-refractivity contribution is 5.79. The first-order chi connectivity index (χ1) is 15.9. The number of ether oxygens (including phenoxy) is 3. The van der Waals surface area contributed by atoms with E-state index in [2.05, 4.69) is 10.6 Å². The van der Waals surface area contributed by atoms with Gasteiger partial charge in [-0.3, -0.25) is 9.59 Å². The van der Waals surface area contributed by atoms with Gasteiger partial charge in [-0.25, -0.2) is 8.78 Å². The van der Waals surface area contributed by atoms with Crippen LogP contribution in [0, 0.1) is 11.6 Å². The molecule has 3 N–H and O–H groups in total. The minimum Gasteiger partial charge on any atom is -0.489 e. The summed E-state index contributed by atoms with van der Waals surface area (Å²) >= 11 is 0. The predicted molar refractivity (Wildman–Crippen MR) is 114 cm³/mol. The van der Waals surface area contributed by atoms with E-state index >= 15 is 0 Å². The summed E-state index contributed by atoms with van der Waals surface area (Å²) in [5.74, 6) is -2.89. The molecule has 1 spiro atoms. The quantitative estimate of drug-likeness (QED) is 0.538. The molecule has 2 saturated heterocycles. The van der Waals surface area contributed by atoms with Crippen LogP contribution in [-0.4, -0.2) is 67.6 Å². The number of carboxylic acids is 1. The van der Waals surface area contributed by atoms with Gasteiger partial charge in [-0.15, -0.1) is 0 Å². The molecule has 33 heavy (non-hydrogen) atoms. The Labute approximate surface area is 190 Å². The standard InChI is InChI=1S/C23H28F2N2O6/c24-15-9-17(22(18(25)10-15)32-8-5-21(29)30)14-1-3-16(4-2-14)33-11-19-23(6-7-26-19)13-31-12-20(28)27-23/h1,9-10,16,19,26H,2-8,11-13H2,(H,27,28)(H,29,30). The maximum Gasteiger partial charge on any atom is 0.306 e. The van der Waals surface area contributed by atoms with Crippen molar-refractivity contribution >= 4 is 17.4 Å². The molecule has 2 heterocycles. The summed E-state index contributed by atoms with van der Waals surface area (Å²) in [4.78, 5) is 22.5. The fraction of sp³-hybridized carbons (Fsp3) is 0.565. The highest BCUT2D eigenvalue weighted by Gasteiger charge is 2.46. The topological polar surface area (TPSA) is 106 Å². The Morgan fingerprint density at radius 2 is 2.18 bits per heavy atom. The maximum absolute atomic E-state index is 14.4. The number of benzene rings is 1. The molecular weight excluding hydrogens is 438 g/mol. The number of carbonyl (C=O) groups is 2. The summed E-state index contributed by atoms with van der Waals surface area (Å²) in [6.07, 6.45) is 4.06. The number of rotatable bonds is 8. The molecule has 3 atom stereocenters. The molecule has 2 fully saturated rings. The van der Waals surface area contributed by atoms with E-state index < -0.39 is 23.1 Å². The second kappa shape index (κ2) is 10.1. The average Bonchev–Trinajstić information content (AvgIpc) is 3.14. The summed E-state index contributed by atoms with van der Waals surface area (Å²) in [6.45, 7) is 1.50. The number of hydrogen-bond acceptors (Lipinski definition) is 6. The molecule has 1 aromatic carbocycles. The summed E-state index contributed by atoms with van der Waals surface area (Å²) in [7, 11) is 0. The van der Waals surface area contributed by atoms with E-state index in [1.54, 1.807) is 0 Å². The van der Waals surface area contributed by atoms with Crippen molar-refractivity contribution in [2.24, 2.45) is 0 Å². The lowest BCUT2D eigenvalue weighted by Crippen LogP contribution is -2.64. The summed E-state index contributed by atoms with van der Waals surface area (Å²) in [5, 5.41) is 15.2. The van der Waals surface area contributed by atoms with Crippen LogP contribution >= 0.6 is 0 Å². The van der Waals surface area contributed by atoms with Gasteiger partial charge in [0.15, 0.2) is 11.6 Å². The number of aliphatic carboxylic acids is 1. The number of nitrogens with one attached hydrogen (secondary N) is 2. The Bertz CT molecular complexity index is 940. The van der Waals surface area contributed by atoms with E-state index in [0.29, 0.717) is 38.0 Å². The van der Waals surface area contributed by atoms with Crippen LogP contribution in [0.1, 0.15) is 37.7 Å². The average molecular weight is 466 g/mol. The Hall–Kier alpha value is -2.56. The minimum absolute atomic E-state index is 0.0568. The molecule has 180 valence electrons. The maximum atomic E-state index is 14.4. The predicted octanol–water partition coefficient (Wildman–Crippen LogP) is 2.02. The van der Waals surface area contributed by atoms with Gasteiger partial charge in [-0.2, -0.15) is 0 Å². The Morgan fingerprint density at radius 1 is 1.33 bits per heavy atom. The van der Waals surface area contributed by atoms with Crippen LogP contribution in [0.5, 0.6) is 5.75 Å². The van der Waals surface area contributed by atoms with Crippen molar-refractivity contribution < 1.29 is 37.7 Å². The van der Waals surface area contributed by atoms with Crippen molar-refractivity contribution in [2.75, 3.05) is 33.0 Å². The molecule has 0 saturated carbocycles. The third kappa shape index (κ3) is 5.51. The van der Waals surface area contributed by atoms with E-state index in [0.717, 1.165) is 24.6 Å². The molecular formula is C23H28F2N2O6. The van der Waals surface area contributed by atoms with Crippen LogP contribution in [-0.2, 0) is 19.1 Å². The Morgan fingerprint density at radius 3 is 2.91 bits per heavy atom. The molecule has 8 nitrogen and oxygen atoms in total. The van der Waals surface area contributed by atoms with E-state index in [-0.39, 0.29) is 43.4 Å². The molecule has 0 aromatic heterocycles. The zero-order valence-electron chi connectivity index (χ0n) is 18.2. The number of hydrogen-bond donors (Lipinski definition) is 3. The first-order valence-corrected chi connectivity index (χ1v) is 11.1. The second-order valence-corrected chi connectivity index (χ2v) is 8.67. The molecule has 4 rings (SSSR count). The van der Waals surface area contributed by atoms with Crippen molar-refractivity contribution in [1.82, 2.24) is 10.6 Å². The number of carbonyl (C=O) groups excluding carboxylic acids is 1. The van der Waals surface area contributed by atoms with Gasteiger partial charge in [0.25, 0.3) is 0 Å². The molecule has 2 aliphatic heterocycles. The fourth-order valence-electron chi connectivity index (χ4n) is 4.68. The van der Waals surface area contributed by atoms with Gasteiger partial charge in [-0.05, 0) is 43.9 Å². The fourth-order valence-corrected chi connectivity index (χ4v) is 4.68. The van der Waals surface area contributed by atoms with Crippen LogP contribution in [0.15, 0.2) is 18.2 Å². The number of allylic oxidation sites excluding steroid dienone is 1. The molecule has 1 aliphatic carbocycles. The Kier molecular flexibility index (Phi) is 7.26. The first kappa shape index (κ1) is 23.6. The highest BCUT2D eigenvalue weighted by atomic mass is 19.1. The monoisotopic (exact) mass is 466 g/mol. The largest absolute Gasteiger partial charge is 0.489 e. The van der Waals surface area contributed by atoms with Crippen LogP contribution < -0.4 is 15.4 Å². The number of morpholine rings is 1. The van der Waals surface area contributed by atoms with Gasteiger partial charge in [0.1, 0.15) is 12.4 Å². The summed E-state index contributed by atoms with van der Waals surface area (Å²) in [5.41, 5.74) is 0.587. The zero-order chi connectivity index (χ0) is 23.4.